The van der Waals surface area contributed by atoms with Gasteiger partial charge in [0, 0.05) is 19.1 Å². The lowest BCUT2D eigenvalue weighted by Gasteiger charge is -2.28. The van der Waals surface area contributed by atoms with E-state index in [4.69, 9.17) is 4.74 Å². The maximum Gasteiger partial charge on any atom is 0.335 e. The van der Waals surface area contributed by atoms with E-state index in [-0.39, 0.29) is 19.3 Å². The number of hydrogen-bond acceptors (Lipinski definition) is 5. The zero-order valence-corrected chi connectivity index (χ0v) is 15.3. The molecule has 26 heavy (non-hydrogen) atoms. The normalized spacial score (nSPS) is 21.2. The van der Waals surface area contributed by atoms with Gasteiger partial charge in [0.25, 0.3) is 0 Å². The Morgan fingerprint density at radius 1 is 1.04 bits per heavy atom. The van der Waals surface area contributed by atoms with Gasteiger partial charge in [0.05, 0.1) is 13.3 Å². The van der Waals surface area contributed by atoms with E-state index in [1.165, 1.54) is 0 Å². The fourth-order valence-corrected chi connectivity index (χ4v) is 3.60. The molecular formula is C19H25N3O4. The molecule has 0 spiro atoms. The number of nitrogens with zero attached hydrogens (tertiary/aromatic N) is 3. The predicted molar refractivity (Wildman–Crippen MR) is 95.4 cm³/mol. The van der Waals surface area contributed by atoms with E-state index in [9.17, 15) is 14.4 Å². The number of urea groups is 1. The lowest BCUT2D eigenvalue weighted by atomic mass is 10.0. The average molecular weight is 359 g/mol. The van der Waals surface area contributed by atoms with Crippen molar-refractivity contribution in [1.29, 1.82) is 0 Å². The SMILES string of the molecule is CCCN1C(=O)C(=O)N(CN2CCC[C@H]2c2ccc(OCC)cc2)C1=O. The van der Waals surface area contributed by atoms with Crippen molar-refractivity contribution >= 4 is 17.8 Å². The van der Waals surface area contributed by atoms with Crippen LogP contribution in [-0.4, -0.2) is 58.9 Å². The van der Waals surface area contributed by atoms with Crippen LogP contribution in [-0.2, 0) is 9.59 Å². The summed E-state index contributed by atoms with van der Waals surface area (Å²) in [6.07, 6.45) is 2.58. The van der Waals surface area contributed by atoms with Gasteiger partial charge in [-0.15, -0.1) is 0 Å². The molecule has 1 aromatic carbocycles. The Balaban J connectivity index is 1.71. The maximum absolute atomic E-state index is 12.4. The summed E-state index contributed by atoms with van der Waals surface area (Å²) in [5, 5.41) is 0. The van der Waals surface area contributed by atoms with Gasteiger partial charge in [-0.25, -0.2) is 9.69 Å². The van der Waals surface area contributed by atoms with Crippen molar-refractivity contribution in [3.05, 3.63) is 29.8 Å². The van der Waals surface area contributed by atoms with E-state index in [1.807, 2.05) is 38.1 Å². The first-order valence-electron chi connectivity index (χ1n) is 9.21. The largest absolute Gasteiger partial charge is 0.494 e. The van der Waals surface area contributed by atoms with Crippen LogP contribution in [0.4, 0.5) is 4.79 Å². The van der Waals surface area contributed by atoms with Gasteiger partial charge in [0.2, 0.25) is 0 Å². The summed E-state index contributed by atoms with van der Waals surface area (Å²) in [6, 6.07) is 7.55. The standard InChI is InChI=1S/C19H25N3O4/c1-3-11-21-17(23)18(24)22(19(21)25)13-20-12-5-6-16(20)14-7-9-15(10-8-14)26-4-2/h7-10,16H,3-6,11-13H2,1-2H3/t16-/m0/s1. The first-order chi connectivity index (χ1) is 12.6. The smallest absolute Gasteiger partial charge is 0.335 e. The first-order valence-corrected chi connectivity index (χ1v) is 9.21. The minimum Gasteiger partial charge on any atom is -0.494 e. The van der Waals surface area contributed by atoms with Crippen molar-refractivity contribution in [2.24, 2.45) is 0 Å². The van der Waals surface area contributed by atoms with E-state index in [2.05, 4.69) is 4.90 Å². The van der Waals surface area contributed by atoms with Gasteiger partial charge in [0.15, 0.2) is 0 Å². The summed E-state index contributed by atoms with van der Waals surface area (Å²) < 4.78 is 5.48. The Kier molecular flexibility index (Phi) is 5.56. The molecule has 4 amide bonds. The zero-order chi connectivity index (χ0) is 18.7. The molecule has 2 heterocycles. The van der Waals surface area contributed by atoms with Crippen molar-refractivity contribution < 1.29 is 19.1 Å². The number of amides is 4. The van der Waals surface area contributed by atoms with Gasteiger partial charge in [-0.05, 0) is 43.9 Å². The molecule has 0 saturated carbocycles. The number of rotatable bonds is 7. The minimum absolute atomic E-state index is 0.126. The molecule has 2 aliphatic heterocycles. The van der Waals surface area contributed by atoms with Crippen LogP contribution in [0.5, 0.6) is 5.75 Å². The molecule has 0 unspecified atom stereocenters. The quantitative estimate of drug-likeness (QED) is 0.552. The molecule has 2 fully saturated rings. The fourth-order valence-electron chi connectivity index (χ4n) is 3.60. The highest BCUT2D eigenvalue weighted by molar-refractivity contribution is 6.44. The van der Waals surface area contributed by atoms with Gasteiger partial charge in [-0.2, -0.15) is 0 Å². The maximum atomic E-state index is 12.4. The third-order valence-corrected chi connectivity index (χ3v) is 4.84. The fraction of sp³-hybridized carbons (Fsp3) is 0.526. The summed E-state index contributed by atoms with van der Waals surface area (Å²) in [5.74, 6) is -0.610. The highest BCUT2D eigenvalue weighted by Crippen LogP contribution is 2.33. The zero-order valence-electron chi connectivity index (χ0n) is 15.3. The Hall–Kier alpha value is -2.41. The second kappa shape index (κ2) is 7.86. The van der Waals surface area contributed by atoms with Crippen molar-refractivity contribution in [2.45, 2.75) is 39.2 Å². The van der Waals surface area contributed by atoms with Crippen molar-refractivity contribution in [2.75, 3.05) is 26.4 Å². The Labute approximate surface area is 153 Å². The van der Waals surface area contributed by atoms with Crippen LogP contribution in [0, 0.1) is 0 Å². The number of carbonyl (C=O) groups excluding carboxylic acids is 3. The molecule has 140 valence electrons. The first kappa shape index (κ1) is 18.4. The number of carbonyl (C=O) groups is 3. The second-order valence-corrected chi connectivity index (χ2v) is 6.59. The Bertz CT molecular complexity index is 689. The molecule has 2 saturated heterocycles. The highest BCUT2D eigenvalue weighted by atomic mass is 16.5. The Morgan fingerprint density at radius 3 is 2.38 bits per heavy atom. The van der Waals surface area contributed by atoms with Crippen LogP contribution in [0.25, 0.3) is 0 Å². The molecule has 0 bridgehead atoms. The van der Waals surface area contributed by atoms with Gasteiger partial charge in [0.1, 0.15) is 5.75 Å². The van der Waals surface area contributed by atoms with Gasteiger partial charge in [-0.1, -0.05) is 19.1 Å². The number of ether oxygens (including phenoxy) is 1. The van der Waals surface area contributed by atoms with Crippen molar-refractivity contribution in [1.82, 2.24) is 14.7 Å². The molecule has 0 aliphatic carbocycles. The van der Waals surface area contributed by atoms with Crippen molar-refractivity contribution in [3.8, 4) is 5.75 Å². The van der Waals surface area contributed by atoms with E-state index in [1.54, 1.807) is 0 Å². The van der Waals surface area contributed by atoms with E-state index in [0.717, 1.165) is 40.5 Å². The summed E-state index contributed by atoms with van der Waals surface area (Å²) in [7, 11) is 0. The lowest BCUT2D eigenvalue weighted by molar-refractivity contribution is -0.144. The molecule has 7 heteroatoms. The third-order valence-electron chi connectivity index (χ3n) is 4.84. The molecule has 0 radical (unpaired) electrons. The van der Waals surface area contributed by atoms with Crippen LogP contribution < -0.4 is 4.74 Å². The highest BCUT2D eigenvalue weighted by Gasteiger charge is 2.45. The molecular weight excluding hydrogens is 334 g/mol. The van der Waals surface area contributed by atoms with Gasteiger partial charge in [-0.3, -0.25) is 19.4 Å². The lowest BCUT2D eigenvalue weighted by Crippen LogP contribution is -2.42. The van der Waals surface area contributed by atoms with Crippen molar-refractivity contribution in [3.63, 3.8) is 0 Å². The number of likely N-dealkylation sites (tertiary alicyclic amines) is 1. The van der Waals surface area contributed by atoms with Crippen LogP contribution in [0.3, 0.4) is 0 Å². The molecule has 2 aliphatic rings. The summed E-state index contributed by atoms with van der Waals surface area (Å²) in [6.45, 7) is 5.66. The predicted octanol–water partition coefficient (Wildman–Crippen LogP) is 2.38. The molecule has 0 aromatic heterocycles. The van der Waals surface area contributed by atoms with Gasteiger partial charge >= 0.3 is 17.8 Å². The number of imide groups is 2. The van der Waals surface area contributed by atoms with E-state index in [0.29, 0.717) is 13.0 Å². The second-order valence-electron chi connectivity index (χ2n) is 6.59. The summed E-state index contributed by atoms with van der Waals surface area (Å²) >= 11 is 0. The van der Waals surface area contributed by atoms with E-state index >= 15 is 0 Å². The van der Waals surface area contributed by atoms with Gasteiger partial charge < -0.3 is 4.74 Å². The number of benzene rings is 1. The summed E-state index contributed by atoms with van der Waals surface area (Å²) in [4.78, 5) is 40.9. The molecule has 0 N–H and O–H groups in total. The minimum atomic E-state index is -0.721. The van der Waals surface area contributed by atoms with Crippen LogP contribution in [0.15, 0.2) is 24.3 Å². The topological polar surface area (TPSA) is 70.2 Å². The molecule has 1 atom stereocenters. The average Bonchev–Trinajstić information content (AvgIpc) is 3.18. The Morgan fingerprint density at radius 2 is 1.73 bits per heavy atom. The molecule has 3 rings (SSSR count). The third kappa shape index (κ3) is 3.44. The molecule has 1 aromatic rings. The molecule has 7 nitrogen and oxygen atoms in total. The summed E-state index contributed by atoms with van der Waals surface area (Å²) in [5.41, 5.74) is 1.13. The van der Waals surface area contributed by atoms with Crippen LogP contribution in [0.2, 0.25) is 0 Å². The number of hydrogen-bond donors (Lipinski definition) is 0. The van der Waals surface area contributed by atoms with Crippen LogP contribution in [0.1, 0.15) is 44.7 Å². The monoisotopic (exact) mass is 359 g/mol. The van der Waals surface area contributed by atoms with E-state index < -0.39 is 17.8 Å². The van der Waals surface area contributed by atoms with Crippen LogP contribution >= 0.6 is 0 Å².